The van der Waals surface area contributed by atoms with Gasteiger partial charge in [-0.25, -0.2) is 14.1 Å². The van der Waals surface area contributed by atoms with E-state index in [0.29, 0.717) is 5.69 Å². The minimum Gasteiger partial charge on any atom is -0.276 e. The molecule has 1 atom stereocenters. The zero-order valence-electron chi connectivity index (χ0n) is 15.4. The van der Waals surface area contributed by atoms with Crippen LogP contribution >= 0.6 is 0 Å². The number of nitrogens with zero attached hydrogens (tertiary/aromatic N) is 2. The molecule has 7 heteroatoms. The molecule has 1 N–H and O–H groups in total. The van der Waals surface area contributed by atoms with Crippen LogP contribution in [0.25, 0.3) is 0 Å². The van der Waals surface area contributed by atoms with Crippen LogP contribution in [0.3, 0.4) is 0 Å². The molecule has 2 aromatic carbocycles. The zero-order valence-corrected chi connectivity index (χ0v) is 15.4. The van der Waals surface area contributed by atoms with Crippen LogP contribution < -0.4 is 10.2 Å². The van der Waals surface area contributed by atoms with Crippen LogP contribution in [0.4, 0.5) is 20.6 Å². The van der Waals surface area contributed by atoms with Crippen LogP contribution in [0.5, 0.6) is 0 Å². The minimum atomic E-state index is -1.25. The van der Waals surface area contributed by atoms with E-state index in [0.717, 1.165) is 36.3 Å². The van der Waals surface area contributed by atoms with E-state index in [1.807, 2.05) is 24.3 Å². The molecule has 1 fully saturated rings. The van der Waals surface area contributed by atoms with Crippen molar-refractivity contribution in [3.63, 3.8) is 0 Å². The Labute approximate surface area is 162 Å². The van der Waals surface area contributed by atoms with Gasteiger partial charge in [0, 0.05) is 6.21 Å². The molecule has 1 heterocycles. The summed E-state index contributed by atoms with van der Waals surface area (Å²) < 4.78 is 13.1. The number of aliphatic imine (C=N–C) groups is 1. The van der Waals surface area contributed by atoms with Crippen LogP contribution in [-0.2, 0) is 16.0 Å². The number of carbonyl (C=O) groups is 3. The molecule has 1 unspecified atom stereocenters. The van der Waals surface area contributed by atoms with E-state index < -0.39 is 29.6 Å². The maximum absolute atomic E-state index is 13.1. The first-order valence-corrected chi connectivity index (χ1v) is 9.07. The lowest BCUT2D eigenvalue weighted by molar-refractivity contribution is -0.131. The topological polar surface area (TPSA) is 78.8 Å². The van der Waals surface area contributed by atoms with Crippen molar-refractivity contribution < 1.29 is 18.8 Å². The van der Waals surface area contributed by atoms with Gasteiger partial charge in [0.1, 0.15) is 5.82 Å². The fourth-order valence-electron chi connectivity index (χ4n) is 2.85. The van der Waals surface area contributed by atoms with Gasteiger partial charge < -0.3 is 0 Å². The third kappa shape index (κ3) is 4.31. The number of urea groups is 1. The average molecular weight is 381 g/mol. The van der Waals surface area contributed by atoms with Crippen LogP contribution in [0, 0.1) is 11.7 Å². The largest absolute Gasteiger partial charge is 0.335 e. The van der Waals surface area contributed by atoms with Gasteiger partial charge in [0.2, 0.25) is 5.91 Å². The summed E-state index contributed by atoms with van der Waals surface area (Å²) in [5, 5.41) is 2.13. The number of halogens is 1. The molecule has 6 nitrogen and oxygen atoms in total. The minimum absolute atomic E-state index is 0.176. The number of barbiturate groups is 1. The summed E-state index contributed by atoms with van der Waals surface area (Å²) in [6.07, 6.45) is 4.43. The molecule has 1 aliphatic rings. The Hall–Kier alpha value is -3.35. The van der Waals surface area contributed by atoms with Gasteiger partial charge in [0.15, 0.2) is 5.92 Å². The quantitative estimate of drug-likeness (QED) is 0.611. The molecule has 1 aliphatic heterocycles. The van der Waals surface area contributed by atoms with E-state index in [4.69, 9.17) is 0 Å². The highest BCUT2D eigenvalue weighted by Crippen LogP contribution is 2.21. The van der Waals surface area contributed by atoms with Gasteiger partial charge in [-0.2, -0.15) is 0 Å². The Balaban J connectivity index is 1.77. The van der Waals surface area contributed by atoms with E-state index in [2.05, 4.69) is 17.2 Å². The average Bonchev–Trinajstić information content (AvgIpc) is 2.68. The third-order valence-corrected chi connectivity index (χ3v) is 4.41. The van der Waals surface area contributed by atoms with E-state index >= 15 is 0 Å². The molecule has 4 amide bonds. The van der Waals surface area contributed by atoms with E-state index in [9.17, 15) is 18.8 Å². The molecule has 0 aromatic heterocycles. The lowest BCUT2D eigenvalue weighted by Gasteiger charge is -2.28. The fraction of sp³-hybridized carbons (Fsp3) is 0.238. The number of hydrogen-bond donors (Lipinski definition) is 1. The molecule has 0 aliphatic carbocycles. The molecular formula is C21H20FN3O3. The lowest BCUT2D eigenvalue weighted by atomic mass is 10.1. The fourth-order valence-corrected chi connectivity index (χ4v) is 2.85. The summed E-state index contributed by atoms with van der Waals surface area (Å²) in [6.45, 7) is 2.13. The second kappa shape index (κ2) is 8.56. The van der Waals surface area contributed by atoms with Gasteiger partial charge in [-0.15, -0.1) is 0 Å². The van der Waals surface area contributed by atoms with Gasteiger partial charge in [0.25, 0.3) is 5.91 Å². The van der Waals surface area contributed by atoms with E-state index in [1.165, 1.54) is 23.9 Å². The number of hydrogen-bond acceptors (Lipinski definition) is 4. The smallest absolute Gasteiger partial charge is 0.276 e. The summed E-state index contributed by atoms with van der Waals surface area (Å²) >= 11 is 0. The normalized spacial score (nSPS) is 17.3. The number of anilines is 1. The zero-order chi connectivity index (χ0) is 20.1. The monoisotopic (exact) mass is 381 g/mol. The summed E-state index contributed by atoms with van der Waals surface area (Å²) in [5.41, 5.74) is 1.97. The summed E-state index contributed by atoms with van der Waals surface area (Å²) in [4.78, 5) is 41.9. The number of aryl methyl sites for hydroxylation is 1. The number of imide groups is 2. The predicted molar refractivity (Wildman–Crippen MR) is 104 cm³/mol. The molecule has 2 aromatic rings. The Morgan fingerprint density at radius 3 is 2.39 bits per heavy atom. The standard InChI is InChI=1S/C21H20FN3O3/c1-2-3-4-14-5-9-16(10-6-14)23-13-18-19(26)24-21(28)25(20(18)27)17-11-7-15(22)8-12-17/h5-13,18H,2-4H2,1H3,(H,24,26,28). The number of rotatable bonds is 6. The van der Waals surface area contributed by atoms with Crippen molar-refractivity contribution in [1.29, 1.82) is 0 Å². The van der Waals surface area contributed by atoms with Crippen LogP contribution in [0.2, 0.25) is 0 Å². The van der Waals surface area contributed by atoms with Crippen molar-refractivity contribution in [1.82, 2.24) is 5.32 Å². The summed E-state index contributed by atoms with van der Waals surface area (Å²) in [6, 6.07) is 11.5. The van der Waals surface area contributed by atoms with Crippen molar-refractivity contribution in [2.24, 2.45) is 10.9 Å². The first-order chi connectivity index (χ1) is 13.5. The molecule has 3 rings (SSSR count). The van der Waals surface area contributed by atoms with Gasteiger partial charge >= 0.3 is 6.03 Å². The van der Waals surface area contributed by atoms with E-state index in [1.54, 1.807) is 0 Å². The van der Waals surface area contributed by atoms with Gasteiger partial charge in [-0.05, 0) is 54.8 Å². The lowest BCUT2D eigenvalue weighted by Crippen LogP contribution is -2.58. The van der Waals surface area contributed by atoms with Crippen molar-refractivity contribution in [3.8, 4) is 0 Å². The van der Waals surface area contributed by atoms with Crippen molar-refractivity contribution in [3.05, 3.63) is 59.9 Å². The first kappa shape index (κ1) is 19.4. The molecule has 0 bridgehead atoms. The van der Waals surface area contributed by atoms with Gasteiger partial charge in [-0.3, -0.25) is 19.9 Å². The third-order valence-electron chi connectivity index (χ3n) is 4.41. The molecule has 0 spiro atoms. The molecule has 144 valence electrons. The molecular weight excluding hydrogens is 361 g/mol. The number of unbranched alkanes of at least 4 members (excludes halogenated alkanes) is 1. The Morgan fingerprint density at radius 1 is 1.07 bits per heavy atom. The Bertz CT molecular complexity index is 907. The van der Waals surface area contributed by atoms with Crippen LogP contribution in [-0.4, -0.2) is 24.1 Å². The molecule has 0 radical (unpaired) electrons. The first-order valence-electron chi connectivity index (χ1n) is 9.07. The number of benzene rings is 2. The predicted octanol–water partition coefficient (Wildman–Crippen LogP) is 3.77. The van der Waals surface area contributed by atoms with Crippen LogP contribution in [0.1, 0.15) is 25.3 Å². The van der Waals surface area contributed by atoms with Crippen molar-refractivity contribution in [2.75, 3.05) is 4.90 Å². The van der Waals surface area contributed by atoms with E-state index in [-0.39, 0.29) is 5.69 Å². The highest BCUT2D eigenvalue weighted by molar-refractivity contribution is 6.32. The highest BCUT2D eigenvalue weighted by Gasteiger charge is 2.40. The molecule has 0 saturated carbocycles. The Morgan fingerprint density at radius 2 is 1.75 bits per heavy atom. The Kier molecular flexibility index (Phi) is 5.93. The second-order valence-corrected chi connectivity index (χ2v) is 6.47. The molecule has 28 heavy (non-hydrogen) atoms. The maximum Gasteiger partial charge on any atom is 0.335 e. The summed E-state index contributed by atoms with van der Waals surface area (Å²) in [5.74, 6) is -3.21. The summed E-state index contributed by atoms with van der Waals surface area (Å²) in [7, 11) is 0. The second-order valence-electron chi connectivity index (χ2n) is 6.47. The maximum atomic E-state index is 13.1. The SMILES string of the molecule is CCCCc1ccc(N=CC2C(=O)NC(=O)N(c3ccc(F)cc3)C2=O)cc1. The number of amides is 4. The van der Waals surface area contributed by atoms with Crippen LogP contribution in [0.15, 0.2) is 53.5 Å². The number of nitrogens with one attached hydrogen (secondary N) is 1. The van der Waals surface area contributed by atoms with Crippen molar-refractivity contribution >= 4 is 35.4 Å². The number of carbonyl (C=O) groups excluding carboxylic acids is 3. The molecule has 1 saturated heterocycles. The van der Waals surface area contributed by atoms with Gasteiger partial charge in [-0.1, -0.05) is 25.5 Å². The van der Waals surface area contributed by atoms with Crippen molar-refractivity contribution in [2.45, 2.75) is 26.2 Å². The highest BCUT2D eigenvalue weighted by atomic mass is 19.1. The van der Waals surface area contributed by atoms with Gasteiger partial charge in [0.05, 0.1) is 11.4 Å².